The molecule has 162 valence electrons. The van der Waals surface area contributed by atoms with Crippen LogP contribution in [-0.2, 0) is 0 Å². The molecule has 4 rings (SSSR count). The summed E-state index contributed by atoms with van der Waals surface area (Å²) in [5.41, 5.74) is 1.61. The van der Waals surface area contributed by atoms with Crippen LogP contribution >= 0.6 is 0 Å². The normalized spacial score (nSPS) is 10.7. The zero-order valence-corrected chi connectivity index (χ0v) is 17.5. The van der Waals surface area contributed by atoms with Gasteiger partial charge in [-0.1, -0.05) is 12.1 Å². The summed E-state index contributed by atoms with van der Waals surface area (Å²) >= 11 is 0. The Balaban J connectivity index is 1.64. The van der Waals surface area contributed by atoms with Gasteiger partial charge in [-0.15, -0.1) is 0 Å². The van der Waals surface area contributed by atoms with Crippen LogP contribution in [0, 0.1) is 5.82 Å². The lowest BCUT2D eigenvalue weighted by molar-refractivity contribution is 0.0997. The second kappa shape index (κ2) is 8.93. The number of methoxy groups -OCH3 is 2. The zero-order chi connectivity index (χ0) is 22.7. The molecule has 0 atom stereocenters. The number of benzene rings is 3. The van der Waals surface area contributed by atoms with Gasteiger partial charge in [0, 0.05) is 16.5 Å². The molecule has 6 nitrogen and oxygen atoms in total. The van der Waals surface area contributed by atoms with Crippen LogP contribution in [0.5, 0.6) is 11.5 Å². The van der Waals surface area contributed by atoms with E-state index < -0.39 is 11.6 Å². The molecule has 0 spiro atoms. The van der Waals surface area contributed by atoms with E-state index >= 15 is 0 Å². The average Bonchev–Trinajstić information content (AvgIpc) is 3.20. The molecule has 1 heterocycles. The van der Waals surface area contributed by atoms with Gasteiger partial charge < -0.3 is 19.2 Å². The smallest absolute Gasteiger partial charge is 0.230 e. The highest BCUT2D eigenvalue weighted by atomic mass is 19.1. The van der Waals surface area contributed by atoms with Gasteiger partial charge in [-0.3, -0.25) is 9.59 Å². The average molecular weight is 433 g/mol. The number of Topliss-reactive ketones (excluding diaryl/α,β-unsaturated/α-hetero) is 1. The molecule has 0 bridgehead atoms. The number of furan rings is 1. The molecule has 0 aliphatic heterocycles. The molecule has 0 saturated carbocycles. The molecular formula is C25H20FNO5. The summed E-state index contributed by atoms with van der Waals surface area (Å²) in [4.78, 5) is 25.9. The quantitative estimate of drug-likeness (QED) is 0.389. The Kier molecular flexibility index (Phi) is 5.89. The summed E-state index contributed by atoms with van der Waals surface area (Å²) in [7, 11) is 3.01. The highest BCUT2D eigenvalue weighted by Crippen LogP contribution is 2.33. The number of rotatable bonds is 8. The zero-order valence-electron chi connectivity index (χ0n) is 17.5. The van der Waals surface area contributed by atoms with Gasteiger partial charge in [0.15, 0.2) is 23.0 Å². The Morgan fingerprint density at radius 3 is 2.31 bits per heavy atom. The van der Waals surface area contributed by atoms with Gasteiger partial charge >= 0.3 is 0 Å². The standard InChI is InChI=1S/C25H20FNO5/c1-30-21-12-9-16(13-22(21)31-2)19(28)14-27-23-18-5-3-4-6-20(18)32-25(23)24(29)15-7-10-17(26)11-8-15/h3-13,27H,14H2,1-2H3. The lowest BCUT2D eigenvalue weighted by Gasteiger charge is -2.10. The highest BCUT2D eigenvalue weighted by molar-refractivity contribution is 6.15. The summed E-state index contributed by atoms with van der Waals surface area (Å²) < 4.78 is 29.5. The number of ether oxygens (including phenoxy) is 2. The van der Waals surface area contributed by atoms with E-state index in [1.807, 2.05) is 6.07 Å². The third kappa shape index (κ3) is 4.05. The topological polar surface area (TPSA) is 77.8 Å². The fraction of sp³-hybridized carbons (Fsp3) is 0.120. The van der Waals surface area contributed by atoms with Crippen LogP contribution in [0.25, 0.3) is 11.0 Å². The Labute approximate surface area is 183 Å². The number of carbonyl (C=O) groups excluding carboxylic acids is 2. The molecule has 32 heavy (non-hydrogen) atoms. The Morgan fingerprint density at radius 2 is 1.59 bits per heavy atom. The molecule has 0 radical (unpaired) electrons. The van der Waals surface area contributed by atoms with Crippen molar-refractivity contribution >= 4 is 28.2 Å². The van der Waals surface area contributed by atoms with Crippen molar-refractivity contribution in [3.8, 4) is 11.5 Å². The molecule has 4 aromatic rings. The van der Waals surface area contributed by atoms with Crippen LogP contribution < -0.4 is 14.8 Å². The summed E-state index contributed by atoms with van der Waals surface area (Å²) in [5.74, 6) is -0.0501. The molecule has 0 unspecified atom stereocenters. The van der Waals surface area contributed by atoms with Crippen molar-refractivity contribution in [1.29, 1.82) is 0 Å². The number of nitrogens with one attached hydrogen (secondary N) is 1. The van der Waals surface area contributed by atoms with Crippen molar-refractivity contribution < 1.29 is 27.9 Å². The van der Waals surface area contributed by atoms with Crippen molar-refractivity contribution in [3.05, 3.63) is 89.4 Å². The van der Waals surface area contributed by atoms with E-state index in [4.69, 9.17) is 13.9 Å². The van der Waals surface area contributed by atoms with Gasteiger partial charge in [-0.05, 0) is 54.6 Å². The number of anilines is 1. The summed E-state index contributed by atoms with van der Waals surface area (Å²) in [6.07, 6.45) is 0. The Hall–Kier alpha value is -4.13. The van der Waals surface area contributed by atoms with Crippen molar-refractivity contribution in [2.75, 3.05) is 26.1 Å². The van der Waals surface area contributed by atoms with Crippen LogP contribution in [0.3, 0.4) is 0 Å². The van der Waals surface area contributed by atoms with Gasteiger partial charge in [0.1, 0.15) is 11.4 Å². The lowest BCUT2D eigenvalue weighted by atomic mass is 10.1. The predicted octanol–water partition coefficient (Wildman–Crippen LogP) is 5.11. The minimum atomic E-state index is -0.440. The first-order valence-electron chi connectivity index (χ1n) is 9.82. The molecule has 7 heteroatoms. The van der Waals surface area contributed by atoms with E-state index in [2.05, 4.69) is 5.32 Å². The van der Waals surface area contributed by atoms with Crippen molar-refractivity contribution in [3.63, 3.8) is 0 Å². The molecule has 3 aromatic carbocycles. The number of ketones is 2. The largest absolute Gasteiger partial charge is 0.493 e. The fourth-order valence-electron chi connectivity index (χ4n) is 3.39. The van der Waals surface area contributed by atoms with Crippen LogP contribution in [0.15, 0.2) is 71.1 Å². The minimum absolute atomic E-state index is 0.0536. The summed E-state index contributed by atoms with van der Waals surface area (Å²) in [6.45, 7) is -0.0806. The maximum atomic E-state index is 13.3. The number of hydrogen-bond acceptors (Lipinski definition) is 6. The molecule has 0 fully saturated rings. The van der Waals surface area contributed by atoms with E-state index in [1.54, 1.807) is 36.4 Å². The minimum Gasteiger partial charge on any atom is -0.493 e. The van der Waals surface area contributed by atoms with Crippen molar-refractivity contribution in [2.24, 2.45) is 0 Å². The SMILES string of the molecule is COc1ccc(C(=O)CNc2c(C(=O)c3ccc(F)cc3)oc3ccccc23)cc1OC. The van der Waals surface area contributed by atoms with E-state index in [0.717, 1.165) is 0 Å². The summed E-state index contributed by atoms with van der Waals surface area (Å²) in [6, 6.07) is 17.2. The van der Waals surface area contributed by atoms with Gasteiger partial charge in [-0.25, -0.2) is 4.39 Å². The first-order chi connectivity index (χ1) is 15.5. The Morgan fingerprint density at radius 1 is 0.906 bits per heavy atom. The maximum Gasteiger partial charge on any atom is 0.230 e. The number of fused-ring (bicyclic) bond motifs is 1. The Bertz CT molecular complexity index is 1290. The predicted molar refractivity (Wildman–Crippen MR) is 118 cm³/mol. The number of para-hydroxylation sites is 1. The van der Waals surface area contributed by atoms with Crippen LogP contribution in [0.2, 0.25) is 0 Å². The van der Waals surface area contributed by atoms with Gasteiger partial charge in [0.2, 0.25) is 5.78 Å². The lowest BCUT2D eigenvalue weighted by Crippen LogP contribution is -2.16. The van der Waals surface area contributed by atoms with Crippen LogP contribution in [0.1, 0.15) is 26.5 Å². The molecule has 0 aliphatic rings. The maximum absolute atomic E-state index is 13.3. The molecule has 1 N–H and O–H groups in total. The van der Waals surface area contributed by atoms with Gasteiger partial charge in [0.25, 0.3) is 0 Å². The number of halogens is 1. The monoisotopic (exact) mass is 433 g/mol. The van der Waals surface area contributed by atoms with E-state index in [9.17, 15) is 14.0 Å². The van der Waals surface area contributed by atoms with E-state index in [0.29, 0.717) is 33.7 Å². The van der Waals surface area contributed by atoms with Gasteiger partial charge in [-0.2, -0.15) is 0 Å². The van der Waals surface area contributed by atoms with Crippen molar-refractivity contribution in [1.82, 2.24) is 0 Å². The first-order valence-corrected chi connectivity index (χ1v) is 9.82. The van der Waals surface area contributed by atoms with Gasteiger partial charge in [0.05, 0.1) is 26.5 Å². The summed E-state index contributed by atoms with van der Waals surface area (Å²) in [5, 5.41) is 3.72. The molecule has 0 aliphatic carbocycles. The molecule has 0 saturated heterocycles. The molecule has 0 amide bonds. The van der Waals surface area contributed by atoms with Crippen molar-refractivity contribution in [2.45, 2.75) is 0 Å². The third-order valence-corrected chi connectivity index (χ3v) is 5.04. The van der Waals surface area contributed by atoms with Crippen LogP contribution in [-0.4, -0.2) is 32.3 Å². The van der Waals surface area contributed by atoms with E-state index in [1.165, 1.54) is 38.5 Å². The third-order valence-electron chi connectivity index (χ3n) is 5.04. The second-order valence-electron chi connectivity index (χ2n) is 6.98. The molecular weight excluding hydrogens is 413 g/mol. The number of carbonyl (C=O) groups is 2. The fourth-order valence-corrected chi connectivity index (χ4v) is 3.39. The number of hydrogen-bond donors (Lipinski definition) is 1. The first kappa shape index (κ1) is 21.1. The molecule has 1 aromatic heterocycles. The van der Waals surface area contributed by atoms with Crippen LogP contribution in [0.4, 0.5) is 10.1 Å². The van der Waals surface area contributed by atoms with E-state index in [-0.39, 0.29) is 23.7 Å². The highest BCUT2D eigenvalue weighted by Gasteiger charge is 2.23. The second-order valence-corrected chi connectivity index (χ2v) is 6.98.